The molecule has 0 fully saturated rings. The summed E-state index contributed by atoms with van der Waals surface area (Å²) < 4.78 is 18.8. The number of hydrogen-bond donors (Lipinski definition) is 1. The van der Waals surface area contributed by atoms with Gasteiger partial charge in [-0.3, -0.25) is 19.5 Å². The van der Waals surface area contributed by atoms with Crippen molar-refractivity contribution in [3.05, 3.63) is 47.9 Å². The van der Waals surface area contributed by atoms with Crippen LogP contribution in [0.4, 0.5) is 5.69 Å². The van der Waals surface area contributed by atoms with Crippen LogP contribution in [0, 0.1) is 0 Å². The third-order valence-corrected chi connectivity index (χ3v) is 6.06. The second-order valence-electron chi connectivity index (χ2n) is 7.24. The van der Waals surface area contributed by atoms with Gasteiger partial charge in [0.15, 0.2) is 16.6 Å². The van der Waals surface area contributed by atoms with Crippen LogP contribution in [0.2, 0.25) is 0 Å². The van der Waals surface area contributed by atoms with Crippen molar-refractivity contribution in [2.45, 2.75) is 58.3 Å². The van der Waals surface area contributed by atoms with E-state index in [0.29, 0.717) is 22.3 Å². The zero-order valence-electron chi connectivity index (χ0n) is 20.0. The van der Waals surface area contributed by atoms with E-state index >= 15 is 0 Å². The first-order valence-electron chi connectivity index (χ1n) is 10.8. The third-order valence-electron chi connectivity index (χ3n) is 4.92. The summed E-state index contributed by atoms with van der Waals surface area (Å²) in [7, 11) is 0.125. The van der Waals surface area contributed by atoms with Gasteiger partial charge in [0.1, 0.15) is 0 Å². The van der Waals surface area contributed by atoms with Crippen molar-refractivity contribution in [3.8, 4) is 5.88 Å². The number of hydrogen-bond acceptors (Lipinski definition) is 7. The summed E-state index contributed by atoms with van der Waals surface area (Å²) in [4.78, 5) is 28.4. The smallest absolute Gasteiger partial charge is 0.228 e. The predicted octanol–water partition coefficient (Wildman–Crippen LogP) is 4.68. The number of rotatable bonds is 7. The summed E-state index contributed by atoms with van der Waals surface area (Å²) in [5.41, 5.74) is 3.79. The van der Waals surface area contributed by atoms with Gasteiger partial charge >= 0.3 is 0 Å². The Balaban J connectivity index is 0.000000245. The molecule has 0 aliphatic heterocycles. The minimum Gasteiger partial charge on any atom is -0.481 e. The summed E-state index contributed by atoms with van der Waals surface area (Å²) in [6, 6.07) is 7.40. The Hall–Kier alpha value is -3.20. The van der Waals surface area contributed by atoms with Crippen LogP contribution in [0.1, 0.15) is 58.2 Å². The Kier molecular flexibility index (Phi) is 10.1. The van der Waals surface area contributed by atoms with Crippen LogP contribution in [0.3, 0.4) is 0 Å². The zero-order chi connectivity index (χ0) is 24.4. The molecule has 0 aliphatic rings. The van der Waals surface area contributed by atoms with Gasteiger partial charge < -0.3 is 4.74 Å². The van der Waals surface area contributed by atoms with Gasteiger partial charge in [0, 0.05) is 36.5 Å². The van der Waals surface area contributed by atoms with Gasteiger partial charge in [0.25, 0.3) is 0 Å². The molecule has 0 radical (unpaired) electrons. The molecule has 1 N–H and O–H groups in total. The number of nitrogens with zero attached hydrogens (tertiary/aromatic N) is 4. The summed E-state index contributed by atoms with van der Waals surface area (Å²) in [6.07, 6.45) is 7.00. The van der Waals surface area contributed by atoms with E-state index in [4.69, 9.17) is 4.74 Å². The SMILES string of the molecule is CC=Nc1cnc2nc(OC)ccc2c1C(C)CC.CCc1ccc(S(=O)NC(C)=O)cn1. The molecular weight excluding hydrogens is 438 g/mol. The maximum absolute atomic E-state index is 11.4. The largest absolute Gasteiger partial charge is 0.481 e. The Morgan fingerprint density at radius 3 is 2.52 bits per heavy atom. The summed E-state index contributed by atoms with van der Waals surface area (Å²) in [6.45, 7) is 9.61. The van der Waals surface area contributed by atoms with Crippen molar-refractivity contribution in [1.82, 2.24) is 19.7 Å². The average molecular weight is 470 g/mol. The monoisotopic (exact) mass is 469 g/mol. The number of amides is 1. The summed E-state index contributed by atoms with van der Waals surface area (Å²) in [5, 5.41) is 1.05. The van der Waals surface area contributed by atoms with E-state index in [1.165, 1.54) is 18.7 Å². The number of pyridine rings is 3. The molecule has 33 heavy (non-hydrogen) atoms. The van der Waals surface area contributed by atoms with Crippen molar-refractivity contribution in [1.29, 1.82) is 0 Å². The van der Waals surface area contributed by atoms with Gasteiger partial charge in [0.05, 0.1) is 23.9 Å². The lowest BCUT2D eigenvalue weighted by Gasteiger charge is -2.15. The van der Waals surface area contributed by atoms with Gasteiger partial charge in [0.2, 0.25) is 11.8 Å². The molecule has 3 rings (SSSR count). The van der Waals surface area contributed by atoms with E-state index in [1.54, 1.807) is 31.7 Å². The van der Waals surface area contributed by atoms with Gasteiger partial charge in [-0.05, 0) is 49.4 Å². The topological polar surface area (TPSA) is 106 Å². The molecule has 0 saturated carbocycles. The minimum atomic E-state index is -1.49. The van der Waals surface area contributed by atoms with Crippen LogP contribution < -0.4 is 9.46 Å². The van der Waals surface area contributed by atoms with Crippen LogP contribution >= 0.6 is 0 Å². The fraction of sp³-hybridized carbons (Fsp3) is 0.375. The molecule has 176 valence electrons. The van der Waals surface area contributed by atoms with Gasteiger partial charge in [-0.25, -0.2) is 9.19 Å². The number of nitrogens with one attached hydrogen (secondary N) is 1. The Bertz CT molecular complexity index is 1130. The zero-order valence-corrected chi connectivity index (χ0v) is 20.8. The molecule has 2 atom stereocenters. The molecule has 8 nitrogen and oxygen atoms in total. The fourth-order valence-corrected chi connectivity index (χ4v) is 3.79. The fourth-order valence-electron chi connectivity index (χ4n) is 3.07. The van der Waals surface area contributed by atoms with E-state index < -0.39 is 11.0 Å². The van der Waals surface area contributed by atoms with Crippen molar-refractivity contribution in [2.75, 3.05) is 7.11 Å². The number of aliphatic imine (C=N–C) groups is 1. The van der Waals surface area contributed by atoms with E-state index in [1.807, 2.05) is 26.0 Å². The van der Waals surface area contributed by atoms with Crippen molar-refractivity contribution < 1.29 is 13.7 Å². The Morgan fingerprint density at radius 1 is 1.21 bits per heavy atom. The quantitative estimate of drug-likeness (QED) is 0.504. The van der Waals surface area contributed by atoms with Crippen molar-refractivity contribution in [2.24, 2.45) is 4.99 Å². The molecule has 3 aromatic rings. The lowest BCUT2D eigenvalue weighted by molar-refractivity contribution is -0.117. The second-order valence-corrected chi connectivity index (χ2v) is 8.46. The highest BCUT2D eigenvalue weighted by Crippen LogP contribution is 2.34. The van der Waals surface area contributed by atoms with Crippen LogP contribution in [-0.2, 0) is 22.2 Å². The molecule has 0 aromatic carbocycles. The number of aryl methyl sites for hydroxylation is 1. The van der Waals surface area contributed by atoms with Gasteiger partial charge in [-0.1, -0.05) is 20.8 Å². The first-order valence-corrected chi connectivity index (χ1v) is 12.0. The third kappa shape index (κ3) is 7.15. The summed E-state index contributed by atoms with van der Waals surface area (Å²) in [5.74, 6) is 0.684. The highest BCUT2D eigenvalue weighted by atomic mass is 32.2. The highest BCUT2D eigenvalue weighted by Gasteiger charge is 2.15. The van der Waals surface area contributed by atoms with E-state index in [0.717, 1.165) is 29.6 Å². The highest BCUT2D eigenvalue weighted by molar-refractivity contribution is 7.83. The number of aromatic nitrogens is 3. The molecule has 0 saturated heterocycles. The lowest BCUT2D eigenvalue weighted by atomic mass is 9.95. The normalized spacial score (nSPS) is 12.7. The van der Waals surface area contributed by atoms with Crippen molar-refractivity contribution >= 4 is 39.8 Å². The number of carbonyl (C=O) groups is 1. The predicted molar refractivity (Wildman–Crippen MR) is 132 cm³/mol. The van der Waals surface area contributed by atoms with Gasteiger partial charge in [-0.15, -0.1) is 0 Å². The van der Waals surface area contributed by atoms with Crippen molar-refractivity contribution in [3.63, 3.8) is 0 Å². The van der Waals surface area contributed by atoms with Crippen LogP contribution in [0.25, 0.3) is 11.0 Å². The first kappa shape index (κ1) is 26.1. The molecule has 0 spiro atoms. The first-order chi connectivity index (χ1) is 15.8. The standard InChI is InChI=1S/C15H19N3O.C9H12N2O2S/c1-5-10(3)14-11-7-8-13(19-4)18-15(11)17-9-12(14)16-6-2;1-3-8-4-5-9(6-10-8)14(13)11-7(2)12/h6-10H,5H2,1-4H3;4-6H,3H2,1-2H3,(H,11,12). The van der Waals surface area contributed by atoms with E-state index in [-0.39, 0.29) is 5.91 Å². The number of methoxy groups -OCH3 is 1. The lowest BCUT2D eigenvalue weighted by Crippen LogP contribution is -2.22. The van der Waals surface area contributed by atoms with Crippen LogP contribution in [0.15, 0.2) is 46.5 Å². The molecule has 9 heteroatoms. The minimum absolute atomic E-state index is 0.317. The number of carbonyl (C=O) groups excluding carboxylic acids is 1. The van der Waals surface area contributed by atoms with E-state index in [9.17, 15) is 9.00 Å². The molecule has 0 bridgehead atoms. The molecule has 0 aliphatic carbocycles. The van der Waals surface area contributed by atoms with Gasteiger partial charge in [-0.2, -0.15) is 4.98 Å². The Morgan fingerprint density at radius 2 is 1.97 bits per heavy atom. The average Bonchev–Trinajstić information content (AvgIpc) is 2.83. The molecule has 3 heterocycles. The second kappa shape index (κ2) is 12.7. The van der Waals surface area contributed by atoms with E-state index in [2.05, 4.69) is 38.5 Å². The maximum atomic E-state index is 11.4. The molecule has 1 amide bonds. The van der Waals surface area contributed by atoms with Crippen LogP contribution in [0.5, 0.6) is 5.88 Å². The van der Waals surface area contributed by atoms with Crippen LogP contribution in [-0.4, -0.2) is 38.4 Å². The Labute approximate surface area is 197 Å². The molecular formula is C24H31N5O3S. The number of fused-ring (bicyclic) bond motifs is 1. The molecule has 3 aromatic heterocycles. The molecule has 2 unspecified atom stereocenters. The maximum Gasteiger partial charge on any atom is 0.228 e. The number of ether oxygens (including phenoxy) is 1. The summed E-state index contributed by atoms with van der Waals surface area (Å²) >= 11 is 0.